The van der Waals surface area contributed by atoms with Crippen LogP contribution in [-0.4, -0.2) is 40.0 Å². The molecule has 2 aromatic rings. The lowest BCUT2D eigenvalue weighted by Crippen LogP contribution is -2.25. The monoisotopic (exact) mass is 330 g/mol. The van der Waals surface area contributed by atoms with Crippen molar-refractivity contribution >= 4 is 21.6 Å². The molecule has 1 saturated heterocycles. The summed E-state index contributed by atoms with van der Waals surface area (Å²) in [6.45, 7) is 0.689. The molecule has 0 N–H and O–H groups in total. The molecule has 0 atom stereocenters. The van der Waals surface area contributed by atoms with Crippen molar-refractivity contribution in [1.82, 2.24) is 19.3 Å². The molecule has 1 aromatic heterocycles. The summed E-state index contributed by atoms with van der Waals surface area (Å²) in [4.78, 5) is 0. The third-order valence-corrected chi connectivity index (χ3v) is 5.44. The fourth-order valence-electron chi connectivity index (χ4n) is 2.17. The summed E-state index contributed by atoms with van der Waals surface area (Å²) in [6.07, 6.45) is 2.24. The van der Waals surface area contributed by atoms with Gasteiger partial charge in [-0.2, -0.15) is 4.31 Å². The molecule has 0 amide bonds. The lowest BCUT2D eigenvalue weighted by atomic mass is 10.3. The van der Waals surface area contributed by atoms with Crippen molar-refractivity contribution < 1.29 is 12.8 Å². The number of hydrogen-bond donors (Lipinski definition) is 0. The fourth-order valence-corrected chi connectivity index (χ4v) is 3.84. The van der Waals surface area contributed by atoms with Gasteiger partial charge in [-0.3, -0.25) is 0 Å². The van der Waals surface area contributed by atoms with Crippen molar-refractivity contribution in [2.45, 2.75) is 13.0 Å². The van der Waals surface area contributed by atoms with Gasteiger partial charge in [0.25, 0.3) is 0 Å². The maximum Gasteiger partial charge on any atom is 0.214 e. The zero-order chi connectivity index (χ0) is 15.0. The average Bonchev–Trinajstić information content (AvgIpc) is 3.01. The minimum atomic E-state index is -3.17. The van der Waals surface area contributed by atoms with Crippen LogP contribution in [0.4, 0.5) is 4.39 Å². The largest absolute Gasteiger partial charge is 0.220 e. The quantitative estimate of drug-likeness (QED) is 0.857. The van der Waals surface area contributed by atoms with E-state index in [1.165, 1.54) is 27.2 Å². The van der Waals surface area contributed by atoms with E-state index in [0.717, 1.165) is 0 Å². The molecule has 2 heterocycles. The van der Waals surface area contributed by atoms with Crippen LogP contribution in [0.5, 0.6) is 0 Å². The molecule has 112 valence electrons. The molecule has 0 spiro atoms. The highest BCUT2D eigenvalue weighted by Gasteiger charge is 2.28. The number of nitrogens with zero attached hydrogens (tertiary/aromatic N) is 4. The summed E-state index contributed by atoms with van der Waals surface area (Å²) in [5.74, 6) is -0.335. The number of sulfonamides is 1. The van der Waals surface area contributed by atoms with E-state index in [1.54, 1.807) is 6.20 Å². The van der Waals surface area contributed by atoms with E-state index in [0.29, 0.717) is 24.3 Å². The first kappa shape index (κ1) is 14.4. The first-order valence-electron chi connectivity index (χ1n) is 6.30. The van der Waals surface area contributed by atoms with Gasteiger partial charge in [0.15, 0.2) is 0 Å². The second-order valence-corrected chi connectivity index (χ2v) is 7.25. The molecule has 1 aromatic carbocycles. The zero-order valence-corrected chi connectivity index (χ0v) is 12.5. The summed E-state index contributed by atoms with van der Waals surface area (Å²) in [5.41, 5.74) is 1.09. The minimum Gasteiger partial charge on any atom is -0.220 e. The van der Waals surface area contributed by atoms with Gasteiger partial charge in [-0.1, -0.05) is 16.8 Å². The molecule has 1 aliphatic heterocycles. The second kappa shape index (κ2) is 5.36. The van der Waals surface area contributed by atoms with E-state index in [1.807, 2.05) is 0 Å². The fraction of sp³-hybridized carbons (Fsp3) is 0.333. The summed E-state index contributed by atoms with van der Waals surface area (Å²) < 4.78 is 39.4. The van der Waals surface area contributed by atoms with Crippen molar-refractivity contribution in [3.05, 3.63) is 40.9 Å². The summed E-state index contributed by atoms with van der Waals surface area (Å²) in [5, 5.41) is 7.85. The van der Waals surface area contributed by atoms with E-state index >= 15 is 0 Å². The number of halogens is 2. The van der Waals surface area contributed by atoms with E-state index in [4.69, 9.17) is 11.6 Å². The normalized spacial score (nSPS) is 18.2. The molecule has 0 bridgehead atoms. The second-order valence-electron chi connectivity index (χ2n) is 4.76. The van der Waals surface area contributed by atoms with Gasteiger partial charge < -0.3 is 0 Å². The third kappa shape index (κ3) is 2.92. The zero-order valence-electron chi connectivity index (χ0n) is 10.9. The molecule has 9 heteroatoms. The first-order valence-corrected chi connectivity index (χ1v) is 8.29. The Bertz CT molecular complexity index is 777. The Labute approximate surface area is 126 Å². The smallest absolute Gasteiger partial charge is 0.214 e. The highest BCUT2D eigenvalue weighted by molar-refractivity contribution is 7.89. The lowest BCUT2D eigenvalue weighted by molar-refractivity contribution is 0.434. The molecule has 1 aliphatic rings. The number of benzene rings is 1. The van der Waals surface area contributed by atoms with Crippen molar-refractivity contribution in [2.24, 2.45) is 0 Å². The maximum absolute atomic E-state index is 13.1. The van der Waals surface area contributed by atoms with Gasteiger partial charge in [-0.05, 0) is 24.6 Å². The first-order chi connectivity index (χ1) is 9.95. The van der Waals surface area contributed by atoms with Gasteiger partial charge in [-0.15, -0.1) is 5.10 Å². The van der Waals surface area contributed by atoms with Crippen LogP contribution in [0.15, 0.2) is 24.4 Å². The van der Waals surface area contributed by atoms with Crippen LogP contribution in [-0.2, 0) is 16.6 Å². The summed E-state index contributed by atoms with van der Waals surface area (Å²) >= 11 is 5.72. The lowest BCUT2D eigenvalue weighted by Gasteiger charge is -2.11. The third-order valence-electron chi connectivity index (χ3n) is 3.25. The Balaban J connectivity index is 1.82. The molecule has 0 saturated carbocycles. The molecule has 0 unspecified atom stereocenters. The Morgan fingerprint density at radius 3 is 2.86 bits per heavy atom. The molecular weight excluding hydrogens is 319 g/mol. The highest BCUT2D eigenvalue weighted by Crippen LogP contribution is 2.19. The van der Waals surface area contributed by atoms with Crippen LogP contribution in [0.1, 0.15) is 12.1 Å². The Kier molecular flexibility index (Phi) is 3.68. The molecular formula is C12H12ClFN4O2S. The van der Waals surface area contributed by atoms with Crippen molar-refractivity contribution in [2.75, 3.05) is 12.3 Å². The topological polar surface area (TPSA) is 68.1 Å². The highest BCUT2D eigenvalue weighted by atomic mass is 35.5. The predicted molar refractivity (Wildman–Crippen MR) is 75.1 cm³/mol. The minimum absolute atomic E-state index is 0.00771. The van der Waals surface area contributed by atoms with Gasteiger partial charge >= 0.3 is 0 Å². The Morgan fingerprint density at radius 1 is 1.38 bits per heavy atom. The van der Waals surface area contributed by atoms with Crippen LogP contribution >= 0.6 is 11.6 Å². The summed E-state index contributed by atoms with van der Waals surface area (Å²) in [6, 6.07) is 4.19. The van der Waals surface area contributed by atoms with E-state index < -0.39 is 15.8 Å². The Morgan fingerprint density at radius 2 is 2.19 bits per heavy atom. The average molecular weight is 331 g/mol. The van der Waals surface area contributed by atoms with Crippen LogP contribution < -0.4 is 0 Å². The van der Waals surface area contributed by atoms with Crippen molar-refractivity contribution in [1.29, 1.82) is 0 Å². The molecule has 21 heavy (non-hydrogen) atoms. The SMILES string of the molecule is O=S1(=O)CCCN1Cc1cn(-c2ccc(F)c(Cl)c2)nn1. The molecule has 3 rings (SSSR count). The van der Waals surface area contributed by atoms with Crippen LogP contribution in [0, 0.1) is 5.82 Å². The van der Waals surface area contributed by atoms with Gasteiger partial charge in [0.1, 0.15) is 5.82 Å². The van der Waals surface area contributed by atoms with Crippen LogP contribution in [0.2, 0.25) is 5.02 Å². The molecule has 0 aliphatic carbocycles. The van der Waals surface area contributed by atoms with Gasteiger partial charge in [0, 0.05) is 6.54 Å². The van der Waals surface area contributed by atoms with Gasteiger partial charge in [0.05, 0.1) is 34.9 Å². The number of hydrogen-bond acceptors (Lipinski definition) is 4. The van der Waals surface area contributed by atoms with E-state index in [9.17, 15) is 12.8 Å². The molecule has 1 fully saturated rings. The van der Waals surface area contributed by atoms with E-state index in [2.05, 4.69) is 10.3 Å². The standard InChI is InChI=1S/C12H12ClFN4O2S/c13-11-6-10(2-3-12(11)14)18-8-9(15-16-18)7-17-4-1-5-21(17,19)20/h2-3,6,8H,1,4-5,7H2. The summed E-state index contributed by atoms with van der Waals surface area (Å²) in [7, 11) is -3.17. The van der Waals surface area contributed by atoms with Gasteiger partial charge in [-0.25, -0.2) is 17.5 Å². The molecule has 0 radical (unpaired) electrons. The predicted octanol–water partition coefficient (Wildman–Crippen LogP) is 1.60. The van der Waals surface area contributed by atoms with Gasteiger partial charge in [0.2, 0.25) is 10.0 Å². The number of rotatable bonds is 3. The van der Waals surface area contributed by atoms with Crippen LogP contribution in [0.3, 0.4) is 0 Å². The maximum atomic E-state index is 13.1. The van der Waals surface area contributed by atoms with Crippen molar-refractivity contribution in [3.63, 3.8) is 0 Å². The molecule has 6 nitrogen and oxygen atoms in total. The van der Waals surface area contributed by atoms with Crippen LogP contribution in [0.25, 0.3) is 5.69 Å². The van der Waals surface area contributed by atoms with Crippen molar-refractivity contribution in [3.8, 4) is 5.69 Å². The number of aromatic nitrogens is 3. The Hall–Kier alpha value is -1.51. The van der Waals surface area contributed by atoms with E-state index in [-0.39, 0.29) is 17.3 Å².